The van der Waals surface area contributed by atoms with E-state index in [9.17, 15) is 9.70 Å². The smallest absolute Gasteiger partial charge is 0.305 e. The van der Waals surface area contributed by atoms with Crippen LogP contribution in [0.25, 0.3) is 0 Å². The normalized spacial score (nSPS) is 9.42. The Morgan fingerprint density at radius 1 is 1.50 bits per heavy atom. The lowest BCUT2D eigenvalue weighted by Gasteiger charge is -2.12. The summed E-state index contributed by atoms with van der Waals surface area (Å²) in [6.07, 6.45) is 1.81. The number of carboxylic acids is 1. The van der Waals surface area contributed by atoms with Gasteiger partial charge in [0, 0.05) is 13.1 Å². The Morgan fingerprint density at radius 2 is 2.17 bits per heavy atom. The van der Waals surface area contributed by atoms with Crippen LogP contribution in [-0.2, 0) is 4.79 Å². The van der Waals surface area contributed by atoms with E-state index in [0.29, 0.717) is 6.54 Å². The Kier molecular flexibility index (Phi) is 5.95. The van der Waals surface area contributed by atoms with Crippen LogP contribution in [0.2, 0.25) is 0 Å². The van der Waals surface area contributed by atoms with Crippen LogP contribution in [0.4, 0.5) is 0 Å². The summed E-state index contributed by atoms with van der Waals surface area (Å²) in [6.45, 7) is 2.76. The topological polar surface area (TPSA) is 70.0 Å². The Labute approximate surface area is 71.3 Å². The number of unbranched alkanes of at least 4 members (excludes halogenated alkanes) is 1. The lowest BCUT2D eigenvalue weighted by atomic mass is 10.3. The van der Waals surface area contributed by atoms with Crippen LogP contribution in [0.5, 0.6) is 0 Å². The Balaban J connectivity index is 3.52. The van der Waals surface area contributed by atoms with Gasteiger partial charge in [-0.1, -0.05) is 13.3 Å². The third-order valence-corrected chi connectivity index (χ3v) is 1.47. The summed E-state index contributed by atoms with van der Waals surface area (Å²) >= 11 is 0. The van der Waals surface area contributed by atoms with E-state index in [4.69, 9.17) is 5.11 Å². The molecule has 0 aromatic heterocycles. The zero-order chi connectivity index (χ0) is 9.40. The predicted molar refractivity (Wildman–Crippen MR) is 44.5 cm³/mol. The van der Waals surface area contributed by atoms with Crippen molar-refractivity contribution in [2.24, 2.45) is 5.29 Å². The maximum absolute atomic E-state index is 10.1. The summed E-state index contributed by atoms with van der Waals surface area (Å²) in [6, 6.07) is 0. The van der Waals surface area contributed by atoms with Gasteiger partial charge < -0.3 is 5.11 Å². The summed E-state index contributed by atoms with van der Waals surface area (Å²) in [7, 11) is 0. The molecular formula is C7H14N2O3. The van der Waals surface area contributed by atoms with E-state index in [1.165, 1.54) is 5.01 Å². The third-order valence-electron chi connectivity index (χ3n) is 1.47. The average molecular weight is 174 g/mol. The van der Waals surface area contributed by atoms with Crippen molar-refractivity contribution in [1.82, 2.24) is 5.01 Å². The molecule has 0 aromatic carbocycles. The van der Waals surface area contributed by atoms with Crippen molar-refractivity contribution in [2.45, 2.75) is 26.2 Å². The van der Waals surface area contributed by atoms with Crippen molar-refractivity contribution < 1.29 is 9.90 Å². The van der Waals surface area contributed by atoms with Gasteiger partial charge in [0.1, 0.15) is 0 Å². The second kappa shape index (κ2) is 6.57. The summed E-state index contributed by atoms with van der Waals surface area (Å²) in [5.41, 5.74) is 0. The molecule has 0 fully saturated rings. The van der Waals surface area contributed by atoms with Crippen LogP contribution < -0.4 is 0 Å². The average Bonchev–Trinajstić information content (AvgIpc) is 2.05. The quantitative estimate of drug-likeness (QED) is 0.465. The van der Waals surface area contributed by atoms with Gasteiger partial charge in [-0.3, -0.25) is 9.80 Å². The molecule has 0 saturated carbocycles. The van der Waals surface area contributed by atoms with Crippen molar-refractivity contribution >= 4 is 5.97 Å². The number of hydrogen-bond acceptors (Lipinski definition) is 3. The van der Waals surface area contributed by atoms with Crippen LogP contribution in [-0.4, -0.2) is 29.2 Å². The summed E-state index contributed by atoms with van der Waals surface area (Å²) in [4.78, 5) is 20.2. The molecule has 70 valence electrons. The Morgan fingerprint density at radius 3 is 2.58 bits per heavy atom. The van der Waals surface area contributed by atoms with Gasteiger partial charge in [-0.2, -0.15) is 0 Å². The van der Waals surface area contributed by atoms with Gasteiger partial charge in [0.2, 0.25) is 0 Å². The summed E-state index contributed by atoms with van der Waals surface area (Å²) < 4.78 is 0. The maximum atomic E-state index is 10.1. The highest BCUT2D eigenvalue weighted by atomic mass is 16.4. The van der Waals surface area contributed by atoms with Gasteiger partial charge in [0.15, 0.2) is 0 Å². The van der Waals surface area contributed by atoms with Crippen molar-refractivity contribution in [2.75, 3.05) is 13.1 Å². The van der Waals surface area contributed by atoms with E-state index in [1.54, 1.807) is 0 Å². The van der Waals surface area contributed by atoms with E-state index in [1.807, 2.05) is 6.92 Å². The van der Waals surface area contributed by atoms with Gasteiger partial charge in [-0.05, 0) is 6.42 Å². The van der Waals surface area contributed by atoms with Gasteiger partial charge >= 0.3 is 5.97 Å². The first-order chi connectivity index (χ1) is 5.70. The molecule has 0 aliphatic rings. The molecule has 0 aliphatic heterocycles. The van der Waals surface area contributed by atoms with Crippen molar-refractivity contribution in [3.8, 4) is 0 Å². The zero-order valence-electron chi connectivity index (χ0n) is 7.19. The van der Waals surface area contributed by atoms with E-state index < -0.39 is 5.97 Å². The SMILES string of the molecule is CCCCN(CCC(=O)O)N=O. The lowest BCUT2D eigenvalue weighted by molar-refractivity contribution is -0.137. The molecule has 0 atom stereocenters. The van der Waals surface area contributed by atoms with E-state index in [-0.39, 0.29) is 13.0 Å². The first kappa shape index (κ1) is 10.9. The van der Waals surface area contributed by atoms with E-state index in [0.717, 1.165) is 12.8 Å². The van der Waals surface area contributed by atoms with Crippen LogP contribution in [0.3, 0.4) is 0 Å². The standard InChI is InChI=1S/C7H14N2O3/c1-2-3-5-9(8-12)6-4-7(10)11/h2-6H2,1H3,(H,10,11). The summed E-state index contributed by atoms with van der Waals surface area (Å²) in [5, 5.41) is 12.3. The highest BCUT2D eigenvalue weighted by molar-refractivity contribution is 5.66. The van der Waals surface area contributed by atoms with Gasteiger partial charge in [-0.15, -0.1) is 4.91 Å². The number of carbonyl (C=O) groups is 1. The van der Waals surface area contributed by atoms with Gasteiger partial charge in [-0.25, -0.2) is 0 Å². The van der Waals surface area contributed by atoms with Crippen molar-refractivity contribution in [1.29, 1.82) is 0 Å². The molecule has 0 unspecified atom stereocenters. The molecule has 0 saturated heterocycles. The first-order valence-electron chi connectivity index (χ1n) is 4.00. The van der Waals surface area contributed by atoms with Gasteiger partial charge in [0.05, 0.1) is 11.7 Å². The molecule has 0 rings (SSSR count). The van der Waals surface area contributed by atoms with E-state index in [2.05, 4.69) is 5.29 Å². The third kappa shape index (κ3) is 5.64. The predicted octanol–water partition coefficient (Wildman–Crippen LogP) is 1.24. The number of hydrogen-bond donors (Lipinski definition) is 1. The molecule has 1 N–H and O–H groups in total. The second-order valence-corrected chi connectivity index (χ2v) is 2.53. The summed E-state index contributed by atoms with van der Waals surface area (Å²) in [5.74, 6) is -0.903. The van der Waals surface area contributed by atoms with Crippen molar-refractivity contribution in [3.05, 3.63) is 4.91 Å². The molecule has 0 bridgehead atoms. The zero-order valence-corrected chi connectivity index (χ0v) is 7.19. The molecular weight excluding hydrogens is 160 g/mol. The largest absolute Gasteiger partial charge is 0.481 e. The second-order valence-electron chi connectivity index (χ2n) is 2.53. The Hall–Kier alpha value is -1.13. The van der Waals surface area contributed by atoms with Crippen LogP contribution in [0.1, 0.15) is 26.2 Å². The molecule has 5 heteroatoms. The molecule has 0 aliphatic carbocycles. The molecule has 0 spiro atoms. The molecule has 5 nitrogen and oxygen atoms in total. The monoisotopic (exact) mass is 174 g/mol. The minimum absolute atomic E-state index is 0.0323. The van der Waals surface area contributed by atoms with Gasteiger partial charge in [0.25, 0.3) is 0 Å². The van der Waals surface area contributed by atoms with E-state index >= 15 is 0 Å². The first-order valence-corrected chi connectivity index (χ1v) is 4.00. The molecule has 0 radical (unpaired) electrons. The Bertz CT molecular complexity index is 150. The molecule has 0 heterocycles. The highest BCUT2D eigenvalue weighted by Crippen LogP contribution is 1.96. The number of carboxylic acid groups (broad SMARTS) is 1. The van der Waals surface area contributed by atoms with Crippen molar-refractivity contribution in [3.63, 3.8) is 0 Å². The maximum Gasteiger partial charge on any atom is 0.305 e. The van der Waals surface area contributed by atoms with Crippen LogP contribution >= 0.6 is 0 Å². The fraction of sp³-hybridized carbons (Fsp3) is 0.857. The number of nitroso groups, excluding NO2 is 1. The number of nitrogens with zero attached hydrogens (tertiary/aromatic N) is 2. The lowest BCUT2D eigenvalue weighted by Crippen LogP contribution is -2.21. The highest BCUT2D eigenvalue weighted by Gasteiger charge is 2.04. The van der Waals surface area contributed by atoms with Crippen LogP contribution in [0, 0.1) is 4.91 Å². The molecule has 0 aromatic rings. The molecule has 0 amide bonds. The fourth-order valence-electron chi connectivity index (χ4n) is 0.759. The number of aliphatic carboxylic acids is 1. The minimum Gasteiger partial charge on any atom is -0.481 e. The minimum atomic E-state index is -0.903. The molecule has 12 heavy (non-hydrogen) atoms. The fourth-order valence-corrected chi connectivity index (χ4v) is 0.759. The number of rotatable bonds is 7. The van der Waals surface area contributed by atoms with Crippen LogP contribution in [0.15, 0.2) is 5.29 Å².